The van der Waals surface area contributed by atoms with Crippen molar-refractivity contribution in [3.05, 3.63) is 29.6 Å². The highest BCUT2D eigenvalue weighted by Gasteiger charge is 2.07. The molecule has 14 heavy (non-hydrogen) atoms. The predicted octanol–water partition coefficient (Wildman–Crippen LogP) is 1.76. The Kier molecular flexibility index (Phi) is 3.96. The molecule has 0 spiro atoms. The average Bonchev–Trinajstić information content (AvgIpc) is 2.19. The first-order valence-electron chi connectivity index (χ1n) is 3.99. The van der Waals surface area contributed by atoms with E-state index in [2.05, 4.69) is 16.8 Å². The Balaban J connectivity index is 2.97. The summed E-state index contributed by atoms with van der Waals surface area (Å²) in [6.07, 6.45) is 2.04. The summed E-state index contributed by atoms with van der Waals surface area (Å²) in [5, 5.41) is 8.79. The van der Waals surface area contributed by atoms with Crippen LogP contribution in [0.15, 0.2) is 18.3 Å². The first-order chi connectivity index (χ1) is 6.75. The fraction of sp³-hybridized carbons (Fsp3) is 0.200. The second-order valence-electron chi connectivity index (χ2n) is 2.45. The van der Waals surface area contributed by atoms with Gasteiger partial charge < -0.3 is 5.11 Å². The summed E-state index contributed by atoms with van der Waals surface area (Å²) in [7, 11) is 0. The van der Waals surface area contributed by atoms with Crippen molar-refractivity contribution in [2.24, 2.45) is 0 Å². The topological polar surface area (TPSA) is 50.2 Å². The second kappa shape index (κ2) is 5.25. The molecule has 0 aliphatic rings. The van der Waals surface area contributed by atoms with Crippen LogP contribution in [0.1, 0.15) is 22.5 Å². The maximum atomic E-state index is 10.7. The lowest BCUT2D eigenvalue weighted by Crippen LogP contribution is -2.01. The van der Waals surface area contributed by atoms with Gasteiger partial charge in [0.1, 0.15) is 5.69 Å². The maximum Gasteiger partial charge on any atom is 0.338 e. The minimum atomic E-state index is -1.02. The van der Waals surface area contributed by atoms with E-state index in [9.17, 15) is 4.79 Å². The summed E-state index contributed by atoms with van der Waals surface area (Å²) >= 11 is 5.43. The van der Waals surface area contributed by atoms with E-state index in [1.165, 1.54) is 12.3 Å². The quantitative estimate of drug-likeness (QED) is 0.597. The Morgan fingerprint density at radius 1 is 1.64 bits per heavy atom. The highest BCUT2D eigenvalue weighted by atomic mass is 35.5. The number of hydrogen-bond donors (Lipinski definition) is 1. The van der Waals surface area contributed by atoms with Gasteiger partial charge in [0.2, 0.25) is 0 Å². The zero-order chi connectivity index (χ0) is 10.4. The number of carboxylic acid groups (broad SMARTS) is 1. The number of rotatable bonds is 2. The molecule has 1 aromatic rings. The third-order valence-electron chi connectivity index (χ3n) is 1.46. The normalized spacial score (nSPS) is 8.93. The molecule has 0 amide bonds. The zero-order valence-electron chi connectivity index (χ0n) is 7.33. The van der Waals surface area contributed by atoms with Gasteiger partial charge in [0, 0.05) is 18.5 Å². The van der Waals surface area contributed by atoms with Gasteiger partial charge >= 0.3 is 5.97 Å². The van der Waals surface area contributed by atoms with Crippen LogP contribution in [0.4, 0.5) is 0 Å². The van der Waals surface area contributed by atoms with Crippen LogP contribution >= 0.6 is 11.6 Å². The number of aromatic nitrogens is 1. The minimum Gasteiger partial charge on any atom is -0.478 e. The van der Waals surface area contributed by atoms with Gasteiger partial charge in [-0.25, -0.2) is 9.78 Å². The van der Waals surface area contributed by atoms with Gasteiger partial charge in [0.25, 0.3) is 0 Å². The van der Waals surface area contributed by atoms with E-state index in [-0.39, 0.29) is 11.3 Å². The summed E-state index contributed by atoms with van der Waals surface area (Å²) in [5.41, 5.74) is 0.402. The molecule has 1 N–H and O–H groups in total. The van der Waals surface area contributed by atoms with Crippen molar-refractivity contribution in [2.45, 2.75) is 6.42 Å². The van der Waals surface area contributed by atoms with Crippen molar-refractivity contribution in [1.29, 1.82) is 0 Å². The molecule has 0 atom stereocenters. The monoisotopic (exact) mass is 209 g/mol. The number of hydrogen-bond acceptors (Lipinski definition) is 2. The van der Waals surface area contributed by atoms with Crippen molar-refractivity contribution in [3.63, 3.8) is 0 Å². The third-order valence-corrected chi connectivity index (χ3v) is 1.65. The van der Waals surface area contributed by atoms with Gasteiger partial charge in [-0.3, -0.25) is 0 Å². The maximum absolute atomic E-state index is 10.7. The first kappa shape index (κ1) is 10.6. The van der Waals surface area contributed by atoms with Crippen LogP contribution in [-0.4, -0.2) is 21.9 Å². The molecule has 1 heterocycles. The van der Waals surface area contributed by atoms with Gasteiger partial charge in [-0.2, -0.15) is 0 Å². The summed E-state index contributed by atoms with van der Waals surface area (Å²) in [5.74, 6) is 4.82. The lowest BCUT2D eigenvalue weighted by atomic mass is 10.2. The third kappa shape index (κ3) is 2.75. The van der Waals surface area contributed by atoms with Gasteiger partial charge in [-0.15, -0.1) is 11.6 Å². The van der Waals surface area contributed by atoms with Crippen LogP contribution in [0.2, 0.25) is 0 Å². The van der Waals surface area contributed by atoms with Crippen LogP contribution < -0.4 is 0 Å². The highest BCUT2D eigenvalue weighted by Crippen LogP contribution is 2.03. The van der Waals surface area contributed by atoms with Crippen LogP contribution in [0, 0.1) is 11.8 Å². The Labute approximate surface area is 86.7 Å². The number of carboxylic acids is 1. The van der Waals surface area contributed by atoms with Crippen molar-refractivity contribution in [3.8, 4) is 11.8 Å². The standard InChI is InChI=1S/C10H8ClNO2/c11-6-2-1-5-9-8(10(13)14)4-3-7-12-9/h3-4,7H,2,6H2,(H,13,14). The Hall–Kier alpha value is -1.53. The molecule has 3 nitrogen and oxygen atoms in total. The molecule has 1 aromatic heterocycles. The van der Waals surface area contributed by atoms with Crippen molar-refractivity contribution < 1.29 is 9.90 Å². The molecule has 0 saturated heterocycles. The number of pyridine rings is 1. The first-order valence-corrected chi connectivity index (χ1v) is 4.52. The molecule has 4 heteroatoms. The van der Waals surface area contributed by atoms with E-state index < -0.39 is 5.97 Å². The average molecular weight is 210 g/mol. The zero-order valence-corrected chi connectivity index (χ0v) is 8.08. The van der Waals surface area contributed by atoms with Crippen LogP contribution in [-0.2, 0) is 0 Å². The summed E-state index contributed by atoms with van der Waals surface area (Å²) < 4.78 is 0. The van der Waals surface area contributed by atoms with Gasteiger partial charge in [-0.1, -0.05) is 5.92 Å². The predicted molar refractivity (Wildman–Crippen MR) is 53.4 cm³/mol. The molecule has 0 aromatic carbocycles. The fourth-order valence-electron chi connectivity index (χ4n) is 0.871. The lowest BCUT2D eigenvalue weighted by molar-refractivity contribution is 0.0696. The SMILES string of the molecule is O=C(O)c1cccnc1C#CCCCl. The molecule has 1 rings (SSSR count). The van der Waals surface area contributed by atoms with Crippen LogP contribution in [0.25, 0.3) is 0 Å². The molecule has 72 valence electrons. The Bertz CT molecular complexity index is 393. The van der Waals surface area contributed by atoms with Crippen molar-refractivity contribution >= 4 is 17.6 Å². The van der Waals surface area contributed by atoms with E-state index in [0.717, 1.165) is 0 Å². The molecule has 0 fully saturated rings. The number of halogens is 1. The van der Waals surface area contributed by atoms with E-state index in [1.54, 1.807) is 6.07 Å². The summed E-state index contributed by atoms with van der Waals surface area (Å²) in [6, 6.07) is 3.04. The summed E-state index contributed by atoms with van der Waals surface area (Å²) in [4.78, 5) is 14.6. The number of carbonyl (C=O) groups is 1. The Morgan fingerprint density at radius 3 is 3.07 bits per heavy atom. The number of alkyl halides is 1. The van der Waals surface area contributed by atoms with Gasteiger partial charge in [0.05, 0.1) is 5.56 Å². The van der Waals surface area contributed by atoms with Gasteiger partial charge in [0.15, 0.2) is 0 Å². The van der Waals surface area contributed by atoms with Crippen molar-refractivity contribution in [2.75, 3.05) is 5.88 Å². The van der Waals surface area contributed by atoms with Gasteiger partial charge in [-0.05, 0) is 18.1 Å². The molecule has 0 unspecified atom stereocenters. The van der Waals surface area contributed by atoms with E-state index >= 15 is 0 Å². The summed E-state index contributed by atoms with van der Waals surface area (Å²) in [6.45, 7) is 0. The smallest absolute Gasteiger partial charge is 0.338 e. The highest BCUT2D eigenvalue weighted by molar-refractivity contribution is 6.18. The molecular weight excluding hydrogens is 202 g/mol. The van der Waals surface area contributed by atoms with Crippen LogP contribution in [0.5, 0.6) is 0 Å². The number of aromatic carboxylic acids is 1. The lowest BCUT2D eigenvalue weighted by Gasteiger charge is -1.95. The minimum absolute atomic E-state index is 0.120. The van der Waals surface area contributed by atoms with Crippen molar-refractivity contribution in [1.82, 2.24) is 4.98 Å². The number of nitrogens with zero attached hydrogens (tertiary/aromatic N) is 1. The molecule has 0 saturated carbocycles. The molecule has 0 aliphatic carbocycles. The Morgan fingerprint density at radius 2 is 2.43 bits per heavy atom. The van der Waals surface area contributed by atoms with Crippen LogP contribution in [0.3, 0.4) is 0 Å². The largest absolute Gasteiger partial charge is 0.478 e. The van der Waals surface area contributed by atoms with E-state index in [1.807, 2.05) is 0 Å². The fourth-order valence-corrected chi connectivity index (χ4v) is 0.965. The molecule has 0 bridgehead atoms. The molecular formula is C10H8ClNO2. The molecule has 0 radical (unpaired) electrons. The molecule has 0 aliphatic heterocycles. The van der Waals surface area contributed by atoms with E-state index in [0.29, 0.717) is 12.3 Å². The second-order valence-corrected chi connectivity index (χ2v) is 2.82. The van der Waals surface area contributed by atoms with E-state index in [4.69, 9.17) is 16.7 Å².